The Bertz CT molecular complexity index is 932. The van der Waals surface area contributed by atoms with E-state index in [0.717, 1.165) is 32.8 Å². The van der Waals surface area contributed by atoms with Gasteiger partial charge < -0.3 is 4.57 Å². The van der Waals surface area contributed by atoms with Gasteiger partial charge in [-0.15, -0.1) is 0 Å². The summed E-state index contributed by atoms with van der Waals surface area (Å²) in [5, 5.41) is 0.418. The highest BCUT2D eigenvalue weighted by atomic mass is 79.9. The van der Waals surface area contributed by atoms with Crippen molar-refractivity contribution in [1.82, 2.24) is 9.55 Å². The van der Waals surface area contributed by atoms with Gasteiger partial charge in [-0.05, 0) is 51.8 Å². The van der Waals surface area contributed by atoms with E-state index in [-0.39, 0.29) is 5.82 Å². The normalized spacial score (nSPS) is 13.1. The van der Waals surface area contributed by atoms with Crippen molar-refractivity contribution in [2.75, 3.05) is 0 Å². The molecular formula is C17H10BrClFN3. The number of pyridine rings is 1. The minimum absolute atomic E-state index is 0.253. The fourth-order valence-electron chi connectivity index (χ4n) is 2.62. The molecule has 1 aliphatic heterocycles. The first-order valence-electron chi connectivity index (χ1n) is 6.96. The fourth-order valence-corrected chi connectivity index (χ4v) is 3.22. The number of fused-ring (bicyclic) bond motifs is 2. The smallest absolute Gasteiger partial charge is 0.153 e. The van der Waals surface area contributed by atoms with E-state index in [1.54, 1.807) is 12.1 Å². The molecule has 0 bridgehead atoms. The molecule has 3 nitrogen and oxygen atoms in total. The van der Waals surface area contributed by atoms with Crippen LogP contribution in [0.3, 0.4) is 0 Å². The zero-order valence-corrected chi connectivity index (χ0v) is 14.1. The number of benzene rings is 1. The number of aromatic nitrogens is 2. The van der Waals surface area contributed by atoms with Crippen LogP contribution in [-0.2, 0) is 6.54 Å². The van der Waals surface area contributed by atoms with E-state index in [2.05, 4.69) is 25.9 Å². The molecule has 0 aliphatic carbocycles. The van der Waals surface area contributed by atoms with Gasteiger partial charge in [0, 0.05) is 11.8 Å². The summed E-state index contributed by atoms with van der Waals surface area (Å²) < 4.78 is 15.9. The molecule has 1 aromatic carbocycles. The number of aliphatic imine (C=N–C) groups is 1. The van der Waals surface area contributed by atoms with Gasteiger partial charge >= 0.3 is 0 Å². The van der Waals surface area contributed by atoms with Crippen molar-refractivity contribution in [3.8, 4) is 11.1 Å². The molecule has 0 N–H and O–H groups in total. The monoisotopic (exact) mass is 389 g/mol. The van der Waals surface area contributed by atoms with E-state index < -0.39 is 0 Å². The fraction of sp³-hybridized carbons (Fsp3) is 0.0588. The second-order valence-electron chi connectivity index (χ2n) is 5.25. The Hall–Kier alpha value is -1.98. The molecule has 3 aromatic rings. The van der Waals surface area contributed by atoms with Crippen LogP contribution in [0, 0.1) is 5.82 Å². The van der Waals surface area contributed by atoms with Crippen LogP contribution in [0.25, 0.3) is 11.1 Å². The van der Waals surface area contributed by atoms with E-state index in [1.165, 1.54) is 12.1 Å². The Labute approximate surface area is 145 Å². The number of rotatable bonds is 1. The first-order valence-corrected chi connectivity index (χ1v) is 8.13. The molecule has 0 unspecified atom stereocenters. The van der Waals surface area contributed by atoms with Crippen LogP contribution < -0.4 is 0 Å². The van der Waals surface area contributed by atoms with E-state index >= 15 is 0 Å². The SMILES string of the molecule is Fc1ccc(-c2cc3n(c2)Cc2nc(Br)ccc2N=C3Cl)cc1. The molecule has 23 heavy (non-hydrogen) atoms. The van der Waals surface area contributed by atoms with E-state index in [0.29, 0.717) is 11.7 Å². The first kappa shape index (κ1) is 14.6. The highest BCUT2D eigenvalue weighted by Gasteiger charge is 2.18. The molecule has 0 saturated heterocycles. The summed E-state index contributed by atoms with van der Waals surface area (Å²) >= 11 is 9.76. The molecule has 0 spiro atoms. The third-order valence-corrected chi connectivity index (χ3v) is 4.46. The van der Waals surface area contributed by atoms with E-state index in [9.17, 15) is 4.39 Å². The molecule has 3 heterocycles. The zero-order valence-electron chi connectivity index (χ0n) is 11.8. The average Bonchev–Trinajstić information content (AvgIpc) is 2.89. The maximum atomic E-state index is 13.1. The van der Waals surface area contributed by atoms with Crippen LogP contribution in [0.15, 0.2) is 58.3 Å². The second-order valence-corrected chi connectivity index (χ2v) is 6.42. The third kappa shape index (κ3) is 2.71. The maximum Gasteiger partial charge on any atom is 0.153 e. The van der Waals surface area contributed by atoms with Crippen LogP contribution in [0.5, 0.6) is 0 Å². The van der Waals surface area contributed by atoms with Crippen molar-refractivity contribution in [2.45, 2.75) is 6.54 Å². The summed E-state index contributed by atoms with van der Waals surface area (Å²) in [4.78, 5) is 8.94. The van der Waals surface area contributed by atoms with Crippen LogP contribution in [0.4, 0.5) is 10.1 Å². The van der Waals surface area contributed by atoms with Gasteiger partial charge in [0.1, 0.15) is 10.4 Å². The van der Waals surface area contributed by atoms with Gasteiger partial charge in [-0.3, -0.25) is 0 Å². The Kier molecular flexibility index (Phi) is 3.54. The zero-order chi connectivity index (χ0) is 16.0. The lowest BCUT2D eigenvalue weighted by Crippen LogP contribution is -2.04. The lowest BCUT2D eigenvalue weighted by molar-refractivity contribution is 0.628. The standard InChI is InChI=1S/C17H10BrClFN3/c18-16-6-5-13-14(21-16)9-23-8-11(7-15(23)17(19)22-13)10-1-3-12(20)4-2-10/h1-8H,9H2. The summed E-state index contributed by atoms with van der Waals surface area (Å²) in [6.07, 6.45) is 1.98. The Morgan fingerprint density at radius 3 is 2.65 bits per heavy atom. The third-order valence-electron chi connectivity index (χ3n) is 3.74. The summed E-state index contributed by atoms with van der Waals surface area (Å²) in [6, 6.07) is 12.1. The van der Waals surface area contributed by atoms with Crippen molar-refractivity contribution < 1.29 is 4.39 Å². The topological polar surface area (TPSA) is 30.2 Å². The Balaban J connectivity index is 1.82. The van der Waals surface area contributed by atoms with Crippen molar-refractivity contribution >= 4 is 38.4 Å². The molecule has 1 aliphatic rings. The van der Waals surface area contributed by atoms with E-state index in [4.69, 9.17) is 11.6 Å². The number of nitrogens with zero attached hydrogens (tertiary/aromatic N) is 3. The lowest BCUT2D eigenvalue weighted by Gasteiger charge is -2.05. The summed E-state index contributed by atoms with van der Waals surface area (Å²) in [5.74, 6) is -0.253. The van der Waals surface area contributed by atoms with Crippen LogP contribution in [-0.4, -0.2) is 14.7 Å². The summed E-state index contributed by atoms with van der Waals surface area (Å²) in [6.45, 7) is 0.574. The van der Waals surface area contributed by atoms with E-state index in [1.807, 2.05) is 29.0 Å². The van der Waals surface area contributed by atoms with Crippen LogP contribution >= 0.6 is 27.5 Å². The van der Waals surface area contributed by atoms with Crippen molar-refractivity contribution in [1.29, 1.82) is 0 Å². The van der Waals surface area contributed by atoms with Gasteiger partial charge in [0.2, 0.25) is 0 Å². The van der Waals surface area contributed by atoms with Gasteiger partial charge in [-0.2, -0.15) is 0 Å². The van der Waals surface area contributed by atoms with Crippen LogP contribution in [0.1, 0.15) is 11.4 Å². The molecule has 6 heteroatoms. The molecule has 0 saturated carbocycles. The van der Waals surface area contributed by atoms with Crippen molar-refractivity contribution in [3.63, 3.8) is 0 Å². The number of hydrogen-bond acceptors (Lipinski definition) is 2. The molecule has 0 fully saturated rings. The van der Waals surface area contributed by atoms with Crippen LogP contribution in [0.2, 0.25) is 0 Å². The first-order chi connectivity index (χ1) is 11.1. The minimum Gasteiger partial charge on any atom is -0.339 e. The van der Waals surface area contributed by atoms with Gasteiger partial charge in [0.05, 0.1) is 23.6 Å². The predicted molar refractivity (Wildman–Crippen MR) is 92.9 cm³/mol. The minimum atomic E-state index is -0.253. The van der Waals surface area contributed by atoms with Gasteiger partial charge in [0.15, 0.2) is 5.17 Å². The molecule has 0 radical (unpaired) electrons. The van der Waals surface area contributed by atoms with Gasteiger partial charge in [-0.25, -0.2) is 14.4 Å². The van der Waals surface area contributed by atoms with Gasteiger partial charge in [0.25, 0.3) is 0 Å². The molecular weight excluding hydrogens is 381 g/mol. The number of hydrogen-bond donors (Lipinski definition) is 0. The largest absolute Gasteiger partial charge is 0.339 e. The summed E-state index contributed by atoms with van der Waals surface area (Å²) in [5.41, 5.74) is 4.33. The highest BCUT2D eigenvalue weighted by Crippen LogP contribution is 2.30. The predicted octanol–water partition coefficient (Wildman–Crippen LogP) is 5.13. The van der Waals surface area contributed by atoms with Crippen molar-refractivity contribution in [2.24, 2.45) is 4.99 Å². The summed E-state index contributed by atoms with van der Waals surface area (Å²) in [7, 11) is 0. The molecule has 0 atom stereocenters. The van der Waals surface area contributed by atoms with Crippen molar-refractivity contribution in [3.05, 3.63) is 70.5 Å². The molecule has 114 valence electrons. The maximum absolute atomic E-state index is 13.1. The Morgan fingerprint density at radius 1 is 1.09 bits per heavy atom. The molecule has 4 rings (SSSR count). The number of halogens is 3. The Morgan fingerprint density at radius 2 is 1.87 bits per heavy atom. The second kappa shape index (κ2) is 5.58. The molecule has 0 amide bonds. The highest BCUT2D eigenvalue weighted by molar-refractivity contribution is 9.10. The lowest BCUT2D eigenvalue weighted by atomic mass is 10.1. The molecule has 2 aromatic heterocycles. The van der Waals surface area contributed by atoms with Gasteiger partial charge in [-0.1, -0.05) is 23.7 Å². The quantitative estimate of drug-likeness (QED) is 0.530. The average molecular weight is 391 g/mol.